The molecule has 0 radical (unpaired) electrons. The SMILES string of the molecule is O=[N+]([O-])c1ccc(Cl)c(OC2CC(Cl)C2)c1. The Hall–Kier alpha value is -1.00. The van der Waals surface area contributed by atoms with Crippen molar-refractivity contribution in [1.82, 2.24) is 0 Å². The quantitative estimate of drug-likeness (QED) is 0.476. The summed E-state index contributed by atoms with van der Waals surface area (Å²) < 4.78 is 5.52. The molecule has 1 aromatic rings. The number of nitrogens with zero attached hydrogens (tertiary/aromatic N) is 1. The third kappa shape index (κ3) is 2.39. The van der Waals surface area contributed by atoms with Crippen LogP contribution in [0.2, 0.25) is 5.02 Å². The van der Waals surface area contributed by atoms with Crippen LogP contribution in [0.15, 0.2) is 18.2 Å². The molecule has 0 heterocycles. The van der Waals surface area contributed by atoms with E-state index in [4.69, 9.17) is 27.9 Å². The minimum absolute atomic E-state index is 0.0157. The Morgan fingerprint density at radius 3 is 2.69 bits per heavy atom. The molecule has 0 bridgehead atoms. The predicted molar refractivity (Wildman–Crippen MR) is 61.4 cm³/mol. The van der Waals surface area contributed by atoms with Gasteiger partial charge >= 0.3 is 0 Å². The Morgan fingerprint density at radius 2 is 2.12 bits per heavy atom. The summed E-state index contributed by atoms with van der Waals surface area (Å²) >= 11 is 11.7. The minimum Gasteiger partial charge on any atom is -0.488 e. The summed E-state index contributed by atoms with van der Waals surface area (Å²) in [5.74, 6) is 0.351. The number of benzene rings is 1. The Labute approximate surface area is 102 Å². The number of hydrogen-bond donors (Lipinski definition) is 0. The van der Waals surface area contributed by atoms with E-state index in [0.717, 1.165) is 12.8 Å². The van der Waals surface area contributed by atoms with E-state index >= 15 is 0 Å². The number of halogens is 2. The van der Waals surface area contributed by atoms with Crippen molar-refractivity contribution < 1.29 is 9.66 Å². The second kappa shape index (κ2) is 4.47. The van der Waals surface area contributed by atoms with E-state index in [2.05, 4.69) is 0 Å². The van der Waals surface area contributed by atoms with Crippen molar-refractivity contribution in [3.05, 3.63) is 33.3 Å². The van der Waals surface area contributed by atoms with Crippen LogP contribution in [-0.4, -0.2) is 16.4 Å². The van der Waals surface area contributed by atoms with Crippen LogP contribution in [0.25, 0.3) is 0 Å². The maximum Gasteiger partial charge on any atom is 0.273 e. The number of rotatable bonds is 3. The number of ether oxygens (including phenoxy) is 1. The van der Waals surface area contributed by atoms with Crippen LogP contribution in [-0.2, 0) is 0 Å². The number of nitro groups is 1. The van der Waals surface area contributed by atoms with E-state index in [0.29, 0.717) is 10.8 Å². The van der Waals surface area contributed by atoms with Gasteiger partial charge in [0.15, 0.2) is 0 Å². The van der Waals surface area contributed by atoms with Gasteiger partial charge in [-0.25, -0.2) is 0 Å². The van der Waals surface area contributed by atoms with Gasteiger partial charge in [-0.3, -0.25) is 10.1 Å². The van der Waals surface area contributed by atoms with E-state index in [1.807, 2.05) is 0 Å². The standard InChI is InChI=1S/C10H9Cl2NO3/c11-6-3-8(4-6)16-10-5-7(13(14)15)1-2-9(10)12/h1-2,5-6,8H,3-4H2. The lowest BCUT2D eigenvalue weighted by Crippen LogP contribution is -2.34. The molecule has 16 heavy (non-hydrogen) atoms. The summed E-state index contributed by atoms with van der Waals surface area (Å²) in [5, 5.41) is 11.1. The van der Waals surface area contributed by atoms with Crippen molar-refractivity contribution in [2.75, 3.05) is 0 Å². The molecule has 1 aromatic carbocycles. The highest BCUT2D eigenvalue weighted by atomic mass is 35.5. The van der Waals surface area contributed by atoms with E-state index in [-0.39, 0.29) is 17.2 Å². The molecule has 0 aliphatic heterocycles. The molecule has 0 aromatic heterocycles. The minimum atomic E-state index is -0.478. The van der Waals surface area contributed by atoms with Crippen LogP contribution in [0.5, 0.6) is 5.75 Å². The van der Waals surface area contributed by atoms with Crippen molar-refractivity contribution in [1.29, 1.82) is 0 Å². The fraction of sp³-hybridized carbons (Fsp3) is 0.400. The maximum absolute atomic E-state index is 10.6. The molecule has 1 fully saturated rings. The highest BCUT2D eigenvalue weighted by Crippen LogP contribution is 2.34. The smallest absolute Gasteiger partial charge is 0.273 e. The van der Waals surface area contributed by atoms with Gasteiger partial charge < -0.3 is 4.74 Å². The molecular formula is C10H9Cl2NO3. The zero-order valence-corrected chi connectivity index (χ0v) is 9.74. The summed E-state index contributed by atoms with van der Waals surface area (Å²) in [5.41, 5.74) is -0.0267. The molecule has 4 nitrogen and oxygen atoms in total. The lowest BCUT2D eigenvalue weighted by Gasteiger charge is -2.31. The fourth-order valence-electron chi connectivity index (χ4n) is 1.47. The van der Waals surface area contributed by atoms with E-state index < -0.39 is 4.92 Å². The van der Waals surface area contributed by atoms with Gasteiger partial charge in [-0.05, 0) is 6.07 Å². The molecule has 2 rings (SSSR count). The third-order valence-corrected chi connectivity index (χ3v) is 3.13. The van der Waals surface area contributed by atoms with Crippen molar-refractivity contribution in [2.45, 2.75) is 24.3 Å². The van der Waals surface area contributed by atoms with Crippen LogP contribution < -0.4 is 4.74 Å². The second-order valence-electron chi connectivity index (χ2n) is 3.68. The van der Waals surface area contributed by atoms with Crippen LogP contribution in [0.4, 0.5) is 5.69 Å². The van der Waals surface area contributed by atoms with Crippen LogP contribution in [0, 0.1) is 10.1 Å². The summed E-state index contributed by atoms with van der Waals surface area (Å²) in [6.07, 6.45) is 1.52. The largest absolute Gasteiger partial charge is 0.488 e. The molecular weight excluding hydrogens is 253 g/mol. The first-order valence-electron chi connectivity index (χ1n) is 4.81. The van der Waals surface area contributed by atoms with E-state index in [1.165, 1.54) is 18.2 Å². The van der Waals surface area contributed by atoms with Gasteiger partial charge in [0.1, 0.15) is 11.9 Å². The number of nitro benzene ring substituents is 1. The predicted octanol–water partition coefficient (Wildman–Crippen LogP) is 3.40. The van der Waals surface area contributed by atoms with Crippen molar-refractivity contribution in [2.24, 2.45) is 0 Å². The molecule has 86 valence electrons. The Kier molecular flexibility index (Phi) is 3.21. The summed E-state index contributed by atoms with van der Waals surface area (Å²) in [4.78, 5) is 10.1. The number of hydrogen-bond acceptors (Lipinski definition) is 3. The fourth-order valence-corrected chi connectivity index (χ4v) is 2.03. The van der Waals surface area contributed by atoms with Crippen LogP contribution in [0.1, 0.15) is 12.8 Å². The molecule has 0 amide bonds. The highest BCUT2D eigenvalue weighted by molar-refractivity contribution is 6.32. The molecule has 0 N–H and O–H groups in total. The van der Waals surface area contributed by atoms with E-state index in [1.54, 1.807) is 0 Å². The normalized spacial score (nSPS) is 23.6. The Bertz CT molecular complexity index is 419. The molecule has 1 aliphatic carbocycles. The lowest BCUT2D eigenvalue weighted by molar-refractivity contribution is -0.385. The van der Waals surface area contributed by atoms with E-state index in [9.17, 15) is 10.1 Å². The molecule has 1 aliphatic rings. The first-order chi connectivity index (χ1) is 7.56. The topological polar surface area (TPSA) is 52.4 Å². The zero-order valence-electron chi connectivity index (χ0n) is 8.23. The van der Waals surface area contributed by atoms with Crippen molar-refractivity contribution >= 4 is 28.9 Å². The maximum atomic E-state index is 10.6. The average Bonchev–Trinajstić information content (AvgIpc) is 2.18. The monoisotopic (exact) mass is 261 g/mol. The van der Waals surface area contributed by atoms with Gasteiger partial charge in [0.2, 0.25) is 0 Å². The number of non-ortho nitro benzene ring substituents is 1. The number of alkyl halides is 1. The van der Waals surface area contributed by atoms with Gasteiger partial charge in [-0.1, -0.05) is 11.6 Å². The summed E-state index contributed by atoms with van der Waals surface area (Å²) in [6.45, 7) is 0. The second-order valence-corrected chi connectivity index (χ2v) is 4.70. The van der Waals surface area contributed by atoms with Gasteiger partial charge in [0, 0.05) is 24.3 Å². The van der Waals surface area contributed by atoms with Gasteiger partial charge in [0.25, 0.3) is 5.69 Å². The van der Waals surface area contributed by atoms with Crippen molar-refractivity contribution in [3.8, 4) is 5.75 Å². The summed E-state index contributed by atoms with van der Waals surface area (Å²) in [7, 11) is 0. The zero-order chi connectivity index (χ0) is 11.7. The first-order valence-corrected chi connectivity index (χ1v) is 5.62. The average molecular weight is 262 g/mol. The molecule has 0 unspecified atom stereocenters. The van der Waals surface area contributed by atoms with Crippen LogP contribution in [0.3, 0.4) is 0 Å². The third-order valence-electron chi connectivity index (χ3n) is 2.46. The van der Waals surface area contributed by atoms with Crippen LogP contribution >= 0.6 is 23.2 Å². The summed E-state index contributed by atoms with van der Waals surface area (Å²) in [6, 6.07) is 4.15. The molecule has 0 saturated heterocycles. The van der Waals surface area contributed by atoms with Gasteiger partial charge in [-0.2, -0.15) is 0 Å². The van der Waals surface area contributed by atoms with Gasteiger partial charge in [0.05, 0.1) is 16.0 Å². The van der Waals surface area contributed by atoms with Crippen molar-refractivity contribution in [3.63, 3.8) is 0 Å². The Balaban J connectivity index is 2.12. The molecule has 0 atom stereocenters. The molecule has 1 saturated carbocycles. The first kappa shape index (κ1) is 11.5. The van der Waals surface area contributed by atoms with Gasteiger partial charge in [-0.15, -0.1) is 11.6 Å². The lowest BCUT2D eigenvalue weighted by atomic mass is 9.95. The molecule has 6 heteroatoms. The Morgan fingerprint density at radius 1 is 1.44 bits per heavy atom. The molecule has 0 spiro atoms. The highest BCUT2D eigenvalue weighted by Gasteiger charge is 2.29.